The highest BCUT2D eigenvalue weighted by molar-refractivity contribution is 7.91. The third-order valence-corrected chi connectivity index (χ3v) is 6.29. The quantitative estimate of drug-likeness (QED) is 0.779. The van der Waals surface area contributed by atoms with Gasteiger partial charge >= 0.3 is 0 Å². The number of primary sulfonamides is 1. The van der Waals surface area contributed by atoms with Crippen molar-refractivity contribution >= 4 is 26.5 Å². The molecule has 0 bridgehead atoms. The third kappa shape index (κ3) is 4.73. The topological polar surface area (TPSA) is 97.6 Å². The predicted molar refractivity (Wildman–Crippen MR) is 93.5 cm³/mol. The number of benzene rings is 1. The van der Waals surface area contributed by atoms with Crippen molar-refractivity contribution in [2.24, 2.45) is 5.14 Å². The van der Waals surface area contributed by atoms with Gasteiger partial charge in [-0.25, -0.2) is 22.9 Å². The van der Waals surface area contributed by atoms with E-state index < -0.39 is 10.0 Å². The Bertz CT molecular complexity index is 822. The molecular formula is C15H19FN4O3S2. The fourth-order valence-corrected chi connectivity index (χ4v) is 4.18. The summed E-state index contributed by atoms with van der Waals surface area (Å²) in [6.07, 6.45) is 1.23. The molecule has 2 aromatic rings. The lowest BCUT2D eigenvalue weighted by molar-refractivity contribution is 0.0186. The molecule has 0 radical (unpaired) electrons. The van der Waals surface area contributed by atoms with Crippen molar-refractivity contribution in [2.45, 2.75) is 10.3 Å². The smallest absolute Gasteiger partial charge is 0.249 e. The van der Waals surface area contributed by atoms with E-state index in [1.807, 2.05) is 6.07 Å². The average Bonchev–Trinajstić information content (AvgIpc) is 3.05. The molecule has 0 aliphatic carbocycles. The van der Waals surface area contributed by atoms with Crippen molar-refractivity contribution in [1.82, 2.24) is 9.88 Å². The molecule has 25 heavy (non-hydrogen) atoms. The van der Waals surface area contributed by atoms with Gasteiger partial charge < -0.3 is 10.1 Å². The lowest BCUT2D eigenvalue weighted by Gasteiger charge is -2.34. The van der Waals surface area contributed by atoms with Crippen LogP contribution >= 0.6 is 11.3 Å². The molecule has 0 amide bonds. The van der Waals surface area contributed by atoms with Crippen molar-refractivity contribution < 1.29 is 17.5 Å². The zero-order valence-electron chi connectivity index (χ0n) is 13.4. The minimum atomic E-state index is -3.76. The van der Waals surface area contributed by atoms with Gasteiger partial charge in [0, 0.05) is 19.6 Å². The number of ether oxygens (including phenoxy) is 1. The van der Waals surface area contributed by atoms with E-state index in [9.17, 15) is 12.8 Å². The summed E-state index contributed by atoms with van der Waals surface area (Å²) in [5.41, 5.74) is 0.845. The minimum Gasteiger partial charge on any atom is -0.379 e. The van der Waals surface area contributed by atoms with Gasteiger partial charge in [-0.3, -0.25) is 4.90 Å². The molecule has 1 aromatic heterocycles. The number of morpholine rings is 1. The highest BCUT2D eigenvalue weighted by Crippen LogP contribution is 2.26. The van der Waals surface area contributed by atoms with E-state index in [-0.39, 0.29) is 16.1 Å². The maximum Gasteiger partial charge on any atom is 0.249 e. The number of nitrogens with zero attached hydrogens (tertiary/aromatic N) is 2. The molecule has 136 valence electrons. The maximum absolute atomic E-state index is 13.6. The van der Waals surface area contributed by atoms with Crippen LogP contribution in [0.1, 0.15) is 11.6 Å². The van der Waals surface area contributed by atoms with Crippen LogP contribution in [0.15, 0.2) is 34.7 Å². The van der Waals surface area contributed by atoms with Crippen LogP contribution in [0.25, 0.3) is 0 Å². The third-order valence-electron chi connectivity index (χ3n) is 3.93. The lowest BCUT2D eigenvalue weighted by Crippen LogP contribution is -2.41. The highest BCUT2D eigenvalue weighted by Gasteiger charge is 2.23. The van der Waals surface area contributed by atoms with Gasteiger partial charge in [-0.15, -0.1) is 0 Å². The van der Waals surface area contributed by atoms with Gasteiger partial charge in [-0.2, -0.15) is 0 Å². The second-order valence-corrected chi connectivity index (χ2v) is 8.45. The van der Waals surface area contributed by atoms with Crippen molar-refractivity contribution in [3.63, 3.8) is 0 Å². The fraction of sp³-hybridized carbons (Fsp3) is 0.400. The molecule has 3 N–H and O–H groups in total. The zero-order valence-corrected chi connectivity index (χ0v) is 15.0. The lowest BCUT2D eigenvalue weighted by atomic mass is 10.0. The van der Waals surface area contributed by atoms with E-state index in [2.05, 4.69) is 15.2 Å². The van der Waals surface area contributed by atoms with Crippen LogP contribution in [0.5, 0.6) is 0 Å². The SMILES string of the molecule is NS(=O)(=O)c1cnc(NCC(c2cccc(F)c2)N2CCOCC2)s1. The van der Waals surface area contributed by atoms with E-state index in [0.29, 0.717) is 24.9 Å². The summed E-state index contributed by atoms with van der Waals surface area (Å²) in [5.74, 6) is -0.290. The molecule has 0 spiro atoms. The molecular weight excluding hydrogens is 367 g/mol. The normalized spacial score (nSPS) is 17.4. The first kappa shape index (κ1) is 18.2. The largest absolute Gasteiger partial charge is 0.379 e. The van der Waals surface area contributed by atoms with Gasteiger partial charge in [-0.05, 0) is 17.7 Å². The molecule has 1 atom stereocenters. The number of thiazole rings is 1. The second-order valence-electron chi connectivity index (χ2n) is 5.63. The Hall–Kier alpha value is -1.59. The van der Waals surface area contributed by atoms with E-state index >= 15 is 0 Å². The summed E-state index contributed by atoms with van der Waals surface area (Å²) in [5, 5.41) is 8.69. The zero-order chi connectivity index (χ0) is 17.9. The molecule has 7 nitrogen and oxygen atoms in total. The van der Waals surface area contributed by atoms with Gasteiger partial charge in [0.05, 0.1) is 25.5 Å². The number of hydrogen-bond acceptors (Lipinski definition) is 7. The number of anilines is 1. The van der Waals surface area contributed by atoms with Gasteiger partial charge in [0.1, 0.15) is 5.82 Å². The standard InChI is InChI=1S/C15H19FN4O3S2/c16-12-3-1-2-11(8-12)13(20-4-6-23-7-5-20)9-18-15-19-10-14(24-15)25(17,21)22/h1-3,8,10,13H,4-7,9H2,(H,18,19)(H2,17,21,22). The Kier molecular flexibility index (Phi) is 5.64. The maximum atomic E-state index is 13.6. The summed E-state index contributed by atoms with van der Waals surface area (Å²) >= 11 is 0.974. The summed E-state index contributed by atoms with van der Waals surface area (Å²) < 4.78 is 41.7. The molecule has 2 heterocycles. The number of nitrogens with one attached hydrogen (secondary N) is 1. The van der Waals surface area contributed by atoms with Crippen LogP contribution in [0.3, 0.4) is 0 Å². The van der Waals surface area contributed by atoms with Gasteiger partial charge in [0.15, 0.2) is 9.34 Å². The first-order valence-electron chi connectivity index (χ1n) is 7.73. The second kappa shape index (κ2) is 7.75. The van der Waals surface area contributed by atoms with E-state index in [0.717, 1.165) is 30.0 Å². The first-order valence-corrected chi connectivity index (χ1v) is 10.1. The first-order chi connectivity index (χ1) is 11.9. The average molecular weight is 386 g/mol. The molecule has 1 unspecified atom stereocenters. The molecule has 1 saturated heterocycles. The van der Waals surface area contributed by atoms with Crippen LogP contribution in [0.2, 0.25) is 0 Å². The molecule has 1 fully saturated rings. The van der Waals surface area contributed by atoms with E-state index in [4.69, 9.17) is 9.88 Å². The van der Waals surface area contributed by atoms with Crippen LogP contribution in [-0.4, -0.2) is 51.1 Å². The van der Waals surface area contributed by atoms with Crippen molar-refractivity contribution in [3.8, 4) is 0 Å². The number of hydrogen-bond donors (Lipinski definition) is 2. The molecule has 0 saturated carbocycles. The predicted octanol–water partition coefficient (Wildman–Crippen LogP) is 1.41. The van der Waals surface area contributed by atoms with Crippen LogP contribution < -0.4 is 10.5 Å². The Labute approximate surface area is 149 Å². The molecule has 3 rings (SSSR count). The Morgan fingerprint density at radius 3 is 2.80 bits per heavy atom. The van der Waals surface area contributed by atoms with Crippen molar-refractivity contribution in [1.29, 1.82) is 0 Å². The van der Waals surface area contributed by atoms with Crippen LogP contribution in [0, 0.1) is 5.82 Å². The van der Waals surface area contributed by atoms with Gasteiger partial charge in [0.25, 0.3) is 0 Å². The van der Waals surface area contributed by atoms with Gasteiger partial charge in [0.2, 0.25) is 10.0 Å². The van der Waals surface area contributed by atoms with Crippen molar-refractivity contribution in [2.75, 3.05) is 38.2 Å². The Balaban J connectivity index is 1.76. The van der Waals surface area contributed by atoms with Gasteiger partial charge in [-0.1, -0.05) is 23.5 Å². The Morgan fingerprint density at radius 2 is 2.16 bits per heavy atom. The number of rotatable bonds is 6. The summed E-state index contributed by atoms with van der Waals surface area (Å²) in [6, 6.07) is 6.40. The fourth-order valence-electron chi connectivity index (χ4n) is 2.72. The number of halogens is 1. The molecule has 1 aliphatic heterocycles. The van der Waals surface area contributed by atoms with Crippen molar-refractivity contribution in [3.05, 3.63) is 41.8 Å². The van der Waals surface area contributed by atoms with E-state index in [1.165, 1.54) is 18.3 Å². The number of aromatic nitrogens is 1. The summed E-state index contributed by atoms with van der Waals surface area (Å²) in [4.78, 5) is 6.25. The monoisotopic (exact) mass is 386 g/mol. The van der Waals surface area contributed by atoms with E-state index in [1.54, 1.807) is 6.07 Å². The summed E-state index contributed by atoms with van der Waals surface area (Å²) in [6.45, 7) is 3.19. The molecule has 1 aliphatic rings. The van der Waals surface area contributed by atoms with Crippen LogP contribution in [0.4, 0.5) is 9.52 Å². The van der Waals surface area contributed by atoms with Crippen LogP contribution in [-0.2, 0) is 14.8 Å². The highest BCUT2D eigenvalue weighted by atomic mass is 32.2. The Morgan fingerprint density at radius 1 is 1.40 bits per heavy atom. The molecule has 1 aromatic carbocycles. The minimum absolute atomic E-state index is 0.00341. The number of nitrogens with two attached hydrogens (primary N) is 1. The molecule has 10 heteroatoms. The summed E-state index contributed by atoms with van der Waals surface area (Å²) in [7, 11) is -3.76. The number of sulfonamides is 1.